The summed E-state index contributed by atoms with van der Waals surface area (Å²) in [5.41, 5.74) is 0.362. The van der Waals surface area contributed by atoms with E-state index in [9.17, 15) is 9.90 Å². The predicted molar refractivity (Wildman–Crippen MR) is 65.5 cm³/mol. The standard InChI is InChI=1S/C12H11ClN2O3/c1-7-5-14-11(18-7)6-15-12(17)8-2-3-10(16)9(13)4-8/h2-5,16H,6H2,1H3,(H,15,17). The van der Waals surface area contributed by atoms with Gasteiger partial charge in [-0.15, -0.1) is 0 Å². The quantitative estimate of drug-likeness (QED) is 0.894. The smallest absolute Gasteiger partial charge is 0.251 e. The number of aromatic nitrogens is 1. The third-order valence-corrected chi connectivity index (χ3v) is 2.58. The van der Waals surface area contributed by atoms with Gasteiger partial charge in [0.25, 0.3) is 5.91 Å². The number of aromatic hydroxyl groups is 1. The van der Waals surface area contributed by atoms with Gasteiger partial charge in [-0.2, -0.15) is 0 Å². The first-order valence-electron chi connectivity index (χ1n) is 5.24. The molecule has 2 aromatic rings. The van der Waals surface area contributed by atoms with Gasteiger partial charge in [0, 0.05) is 5.56 Å². The minimum absolute atomic E-state index is 0.0588. The zero-order chi connectivity index (χ0) is 13.1. The summed E-state index contributed by atoms with van der Waals surface area (Å²) in [6.07, 6.45) is 1.58. The van der Waals surface area contributed by atoms with Crippen LogP contribution >= 0.6 is 11.6 Å². The maximum atomic E-state index is 11.8. The molecule has 0 saturated heterocycles. The number of aryl methyl sites for hydroxylation is 1. The summed E-state index contributed by atoms with van der Waals surface area (Å²) in [4.78, 5) is 15.7. The SMILES string of the molecule is Cc1cnc(CNC(=O)c2ccc(O)c(Cl)c2)o1. The lowest BCUT2D eigenvalue weighted by atomic mass is 10.2. The summed E-state index contributed by atoms with van der Waals surface area (Å²) in [5, 5.41) is 12.0. The zero-order valence-electron chi connectivity index (χ0n) is 9.61. The van der Waals surface area contributed by atoms with E-state index in [1.807, 2.05) is 0 Å². The third-order valence-electron chi connectivity index (χ3n) is 2.28. The third kappa shape index (κ3) is 2.81. The van der Waals surface area contributed by atoms with Crippen LogP contribution in [0.2, 0.25) is 5.02 Å². The van der Waals surface area contributed by atoms with E-state index in [0.29, 0.717) is 17.2 Å². The monoisotopic (exact) mass is 266 g/mol. The first-order valence-corrected chi connectivity index (χ1v) is 5.62. The van der Waals surface area contributed by atoms with E-state index in [1.54, 1.807) is 13.1 Å². The second-order valence-electron chi connectivity index (χ2n) is 3.71. The lowest BCUT2D eigenvalue weighted by molar-refractivity contribution is 0.0947. The first-order chi connectivity index (χ1) is 8.56. The highest BCUT2D eigenvalue weighted by Gasteiger charge is 2.09. The predicted octanol–water partition coefficient (Wildman–Crippen LogP) is 2.27. The second kappa shape index (κ2) is 5.10. The van der Waals surface area contributed by atoms with Gasteiger partial charge in [-0.3, -0.25) is 4.79 Å². The summed E-state index contributed by atoms with van der Waals surface area (Å²) < 4.78 is 5.22. The highest BCUT2D eigenvalue weighted by molar-refractivity contribution is 6.32. The van der Waals surface area contributed by atoms with Crippen molar-refractivity contribution in [1.82, 2.24) is 10.3 Å². The van der Waals surface area contributed by atoms with E-state index in [4.69, 9.17) is 16.0 Å². The molecule has 2 N–H and O–H groups in total. The van der Waals surface area contributed by atoms with Gasteiger partial charge in [0.2, 0.25) is 5.89 Å². The van der Waals surface area contributed by atoms with Crippen LogP contribution in [0.5, 0.6) is 5.75 Å². The molecule has 0 atom stereocenters. The molecular formula is C12H11ClN2O3. The Morgan fingerprint density at radius 1 is 1.56 bits per heavy atom. The van der Waals surface area contributed by atoms with Crippen molar-refractivity contribution in [3.8, 4) is 5.75 Å². The first kappa shape index (κ1) is 12.4. The number of halogens is 1. The second-order valence-corrected chi connectivity index (χ2v) is 4.12. The van der Waals surface area contributed by atoms with E-state index in [2.05, 4.69) is 10.3 Å². The van der Waals surface area contributed by atoms with Crippen LogP contribution in [0.4, 0.5) is 0 Å². The van der Waals surface area contributed by atoms with E-state index in [0.717, 1.165) is 0 Å². The number of nitrogens with zero attached hydrogens (tertiary/aromatic N) is 1. The van der Waals surface area contributed by atoms with Crippen molar-refractivity contribution < 1.29 is 14.3 Å². The Balaban J connectivity index is 2.01. The van der Waals surface area contributed by atoms with Gasteiger partial charge in [0.15, 0.2) is 0 Å². The van der Waals surface area contributed by atoms with Gasteiger partial charge < -0.3 is 14.8 Å². The van der Waals surface area contributed by atoms with Crippen molar-refractivity contribution in [2.24, 2.45) is 0 Å². The Hall–Kier alpha value is -2.01. The molecule has 0 unspecified atom stereocenters. The van der Waals surface area contributed by atoms with Crippen LogP contribution in [0.15, 0.2) is 28.8 Å². The van der Waals surface area contributed by atoms with Gasteiger partial charge in [-0.1, -0.05) is 11.6 Å². The molecular weight excluding hydrogens is 256 g/mol. The lowest BCUT2D eigenvalue weighted by Gasteiger charge is -2.04. The summed E-state index contributed by atoms with van der Waals surface area (Å²) in [6.45, 7) is 1.98. The molecule has 0 aliphatic carbocycles. The molecule has 94 valence electrons. The molecule has 0 bridgehead atoms. The van der Waals surface area contributed by atoms with Crippen LogP contribution in [0.25, 0.3) is 0 Å². The maximum Gasteiger partial charge on any atom is 0.251 e. The van der Waals surface area contributed by atoms with Gasteiger partial charge >= 0.3 is 0 Å². The van der Waals surface area contributed by atoms with Crippen LogP contribution < -0.4 is 5.32 Å². The van der Waals surface area contributed by atoms with E-state index < -0.39 is 0 Å². The Bertz CT molecular complexity index is 580. The average Bonchev–Trinajstić information content (AvgIpc) is 2.75. The molecule has 0 saturated carbocycles. The minimum atomic E-state index is -0.312. The fourth-order valence-electron chi connectivity index (χ4n) is 1.39. The number of nitrogens with one attached hydrogen (secondary N) is 1. The summed E-state index contributed by atoms with van der Waals surface area (Å²) in [6, 6.07) is 4.25. The highest BCUT2D eigenvalue weighted by atomic mass is 35.5. The number of oxazole rings is 1. The normalized spacial score (nSPS) is 10.3. The fourth-order valence-corrected chi connectivity index (χ4v) is 1.57. The van der Waals surface area contributed by atoms with E-state index in [1.165, 1.54) is 18.2 Å². The molecule has 0 radical (unpaired) electrons. The Kier molecular flexibility index (Phi) is 3.53. The van der Waals surface area contributed by atoms with Crippen LogP contribution in [-0.4, -0.2) is 16.0 Å². The minimum Gasteiger partial charge on any atom is -0.506 e. The molecule has 1 amide bonds. The maximum absolute atomic E-state index is 11.8. The number of rotatable bonds is 3. The van der Waals surface area contributed by atoms with E-state index in [-0.39, 0.29) is 23.2 Å². The molecule has 0 aliphatic rings. The molecule has 0 spiro atoms. The van der Waals surface area contributed by atoms with Crippen LogP contribution in [0.1, 0.15) is 22.0 Å². The number of hydrogen-bond donors (Lipinski definition) is 2. The largest absolute Gasteiger partial charge is 0.506 e. The van der Waals surface area contributed by atoms with Gasteiger partial charge in [0.05, 0.1) is 17.8 Å². The average molecular weight is 267 g/mol. The van der Waals surface area contributed by atoms with Crippen molar-refractivity contribution >= 4 is 17.5 Å². The van der Waals surface area contributed by atoms with Crippen LogP contribution in [0.3, 0.4) is 0 Å². The molecule has 5 nitrogen and oxygen atoms in total. The molecule has 1 heterocycles. The number of carbonyl (C=O) groups excluding carboxylic acids is 1. The fraction of sp³-hybridized carbons (Fsp3) is 0.167. The summed E-state index contributed by atoms with van der Waals surface area (Å²) in [5.74, 6) is 0.752. The van der Waals surface area contributed by atoms with Crippen molar-refractivity contribution in [3.63, 3.8) is 0 Å². The molecule has 1 aromatic carbocycles. The van der Waals surface area contributed by atoms with Crippen molar-refractivity contribution in [3.05, 3.63) is 46.6 Å². The van der Waals surface area contributed by atoms with Gasteiger partial charge in [-0.25, -0.2) is 4.98 Å². The number of phenols is 1. The Labute approximate surface area is 108 Å². The van der Waals surface area contributed by atoms with Crippen molar-refractivity contribution in [1.29, 1.82) is 0 Å². The van der Waals surface area contributed by atoms with Gasteiger partial charge in [0.1, 0.15) is 11.5 Å². The number of hydrogen-bond acceptors (Lipinski definition) is 4. The highest BCUT2D eigenvalue weighted by Crippen LogP contribution is 2.23. The number of phenolic OH excluding ortho intramolecular Hbond substituents is 1. The Morgan fingerprint density at radius 2 is 2.33 bits per heavy atom. The number of amides is 1. The summed E-state index contributed by atoms with van der Waals surface area (Å²) in [7, 11) is 0. The summed E-state index contributed by atoms with van der Waals surface area (Å²) >= 11 is 5.72. The topological polar surface area (TPSA) is 75.4 Å². The molecule has 0 aliphatic heterocycles. The van der Waals surface area contributed by atoms with E-state index >= 15 is 0 Å². The molecule has 0 fully saturated rings. The van der Waals surface area contributed by atoms with Crippen LogP contribution in [-0.2, 0) is 6.54 Å². The van der Waals surface area contributed by atoms with Crippen LogP contribution in [0, 0.1) is 6.92 Å². The van der Waals surface area contributed by atoms with Gasteiger partial charge in [-0.05, 0) is 25.1 Å². The van der Waals surface area contributed by atoms with Crippen molar-refractivity contribution in [2.45, 2.75) is 13.5 Å². The zero-order valence-corrected chi connectivity index (χ0v) is 10.4. The molecule has 18 heavy (non-hydrogen) atoms. The number of carbonyl (C=O) groups is 1. The number of benzene rings is 1. The Morgan fingerprint density at radius 3 is 2.94 bits per heavy atom. The van der Waals surface area contributed by atoms with Crippen molar-refractivity contribution in [2.75, 3.05) is 0 Å². The lowest BCUT2D eigenvalue weighted by Crippen LogP contribution is -2.22. The molecule has 2 rings (SSSR count). The molecule has 1 aromatic heterocycles. The molecule has 6 heteroatoms.